The second-order valence-corrected chi connectivity index (χ2v) is 2.02. The molecule has 0 radical (unpaired) electrons. The first-order valence-electron chi connectivity index (χ1n) is 3.60. The average Bonchev–Trinajstić information content (AvgIpc) is 1.97. The van der Waals surface area contributed by atoms with Crippen molar-refractivity contribution in [3.63, 3.8) is 0 Å². The molecule has 2 N–H and O–H groups in total. The Hall–Kier alpha value is -0.920. The SMILES string of the molecule is C=CNCCCCNC=C. The molecule has 0 fully saturated rings. The highest BCUT2D eigenvalue weighted by atomic mass is 14.8. The lowest BCUT2D eigenvalue weighted by Crippen LogP contribution is -2.11. The fourth-order valence-electron chi connectivity index (χ4n) is 0.658. The van der Waals surface area contributed by atoms with Gasteiger partial charge in [-0.15, -0.1) is 0 Å². The van der Waals surface area contributed by atoms with Crippen LogP contribution in [0.5, 0.6) is 0 Å². The van der Waals surface area contributed by atoms with Crippen LogP contribution in [0.2, 0.25) is 0 Å². The molecule has 0 spiro atoms. The third kappa shape index (κ3) is 7.08. The third-order valence-electron chi connectivity index (χ3n) is 1.18. The molecular weight excluding hydrogens is 124 g/mol. The zero-order valence-electron chi connectivity index (χ0n) is 6.40. The number of hydrogen-bond donors (Lipinski definition) is 2. The van der Waals surface area contributed by atoms with Gasteiger partial charge in [0.2, 0.25) is 0 Å². The van der Waals surface area contributed by atoms with Crippen LogP contribution in [0.4, 0.5) is 0 Å². The maximum Gasteiger partial charge on any atom is 0.0141 e. The number of nitrogens with one attached hydrogen (secondary N) is 2. The zero-order chi connectivity index (χ0) is 7.66. The van der Waals surface area contributed by atoms with Gasteiger partial charge in [0.05, 0.1) is 0 Å². The largest absolute Gasteiger partial charge is 0.391 e. The highest BCUT2D eigenvalue weighted by Gasteiger charge is 1.82. The molecule has 0 bridgehead atoms. The summed E-state index contributed by atoms with van der Waals surface area (Å²) in [5.74, 6) is 0. The van der Waals surface area contributed by atoms with E-state index in [1.54, 1.807) is 12.4 Å². The van der Waals surface area contributed by atoms with E-state index < -0.39 is 0 Å². The Morgan fingerprint density at radius 3 is 1.60 bits per heavy atom. The predicted molar refractivity (Wildman–Crippen MR) is 45.6 cm³/mol. The molecule has 0 aliphatic rings. The van der Waals surface area contributed by atoms with Crippen LogP contribution < -0.4 is 10.6 Å². The lowest BCUT2D eigenvalue weighted by molar-refractivity contribution is 0.670. The first-order chi connectivity index (χ1) is 4.91. The van der Waals surface area contributed by atoms with Crippen LogP contribution in [0.3, 0.4) is 0 Å². The minimum atomic E-state index is 1.02. The van der Waals surface area contributed by atoms with Crippen molar-refractivity contribution >= 4 is 0 Å². The van der Waals surface area contributed by atoms with Crippen LogP contribution in [0, 0.1) is 0 Å². The molecule has 2 nitrogen and oxygen atoms in total. The van der Waals surface area contributed by atoms with Gasteiger partial charge in [-0.05, 0) is 25.2 Å². The van der Waals surface area contributed by atoms with E-state index in [1.807, 2.05) is 0 Å². The van der Waals surface area contributed by atoms with Gasteiger partial charge in [-0.25, -0.2) is 0 Å². The molecule has 0 heterocycles. The Morgan fingerprint density at radius 2 is 1.30 bits per heavy atom. The molecule has 0 amide bonds. The summed E-state index contributed by atoms with van der Waals surface area (Å²) in [7, 11) is 0. The van der Waals surface area contributed by atoms with Crippen LogP contribution >= 0.6 is 0 Å². The van der Waals surface area contributed by atoms with E-state index in [0.29, 0.717) is 0 Å². The fraction of sp³-hybridized carbons (Fsp3) is 0.500. The molecule has 0 atom stereocenters. The maximum atomic E-state index is 3.55. The van der Waals surface area contributed by atoms with Crippen LogP contribution in [0.25, 0.3) is 0 Å². The average molecular weight is 140 g/mol. The predicted octanol–water partition coefficient (Wildman–Crippen LogP) is 1.23. The van der Waals surface area contributed by atoms with Crippen molar-refractivity contribution in [1.29, 1.82) is 0 Å². The Balaban J connectivity index is 2.76. The van der Waals surface area contributed by atoms with Gasteiger partial charge >= 0.3 is 0 Å². The molecule has 0 aromatic heterocycles. The van der Waals surface area contributed by atoms with Crippen molar-refractivity contribution in [1.82, 2.24) is 10.6 Å². The van der Waals surface area contributed by atoms with Gasteiger partial charge in [0.25, 0.3) is 0 Å². The zero-order valence-corrected chi connectivity index (χ0v) is 6.40. The maximum absolute atomic E-state index is 3.55. The minimum Gasteiger partial charge on any atom is -0.391 e. The minimum absolute atomic E-state index is 1.02. The van der Waals surface area contributed by atoms with E-state index >= 15 is 0 Å². The van der Waals surface area contributed by atoms with Crippen molar-refractivity contribution < 1.29 is 0 Å². The molecular formula is C8H16N2. The Bertz CT molecular complexity index is 77.3. The second-order valence-electron chi connectivity index (χ2n) is 2.02. The highest BCUT2D eigenvalue weighted by molar-refractivity contribution is 4.64. The van der Waals surface area contributed by atoms with Gasteiger partial charge in [-0.3, -0.25) is 0 Å². The molecule has 0 aromatic rings. The van der Waals surface area contributed by atoms with Crippen LogP contribution in [-0.2, 0) is 0 Å². The molecule has 0 saturated heterocycles. The van der Waals surface area contributed by atoms with Crippen molar-refractivity contribution in [2.75, 3.05) is 13.1 Å². The molecule has 0 unspecified atom stereocenters. The second kappa shape index (κ2) is 8.08. The quantitative estimate of drug-likeness (QED) is 0.520. The molecule has 0 saturated carbocycles. The molecule has 10 heavy (non-hydrogen) atoms. The lowest BCUT2D eigenvalue weighted by atomic mass is 10.3. The van der Waals surface area contributed by atoms with Crippen molar-refractivity contribution in [3.05, 3.63) is 25.6 Å². The van der Waals surface area contributed by atoms with Crippen LogP contribution in [-0.4, -0.2) is 13.1 Å². The Kier molecular flexibility index (Phi) is 7.34. The molecule has 0 rings (SSSR count). The first kappa shape index (κ1) is 9.08. The van der Waals surface area contributed by atoms with Crippen molar-refractivity contribution in [2.24, 2.45) is 0 Å². The van der Waals surface area contributed by atoms with E-state index in [1.165, 1.54) is 12.8 Å². The number of hydrogen-bond acceptors (Lipinski definition) is 2. The monoisotopic (exact) mass is 140 g/mol. The summed E-state index contributed by atoms with van der Waals surface area (Å²) in [4.78, 5) is 0. The Labute approximate surface area is 63.0 Å². The number of unbranched alkanes of at least 4 members (excludes halogenated alkanes) is 1. The van der Waals surface area contributed by atoms with Crippen LogP contribution in [0.1, 0.15) is 12.8 Å². The van der Waals surface area contributed by atoms with Gasteiger partial charge in [-0.1, -0.05) is 13.2 Å². The van der Waals surface area contributed by atoms with E-state index in [0.717, 1.165) is 13.1 Å². The highest BCUT2D eigenvalue weighted by Crippen LogP contribution is 1.83. The van der Waals surface area contributed by atoms with Gasteiger partial charge in [-0.2, -0.15) is 0 Å². The molecule has 2 heteroatoms. The molecule has 0 aliphatic carbocycles. The summed E-state index contributed by atoms with van der Waals surface area (Å²) >= 11 is 0. The smallest absolute Gasteiger partial charge is 0.0141 e. The Morgan fingerprint density at radius 1 is 0.900 bits per heavy atom. The lowest BCUT2D eigenvalue weighted by Gasteiger charge is -2.00. The van der Waals surface area contributed by atoms with E-state index in [-0.39, 0.29) is 0 Å². The summed E-state index contributed by atoms with van der Waals surface area (Å²) in [5, 5.41) is 6.07. The molecule has 0 aliphatic heterocycles. The number of rotatable bonds is 7. The fourth-order valence-corrected chi connectivity index (χ4v) is 0.658. The summed E-state index contributed by atoms with van der Waals surface area (Å²) in [6.07, 6.45) is 5.79. The summed E-state index contributed by atoms with van der Waals surface area (Å²) in [5.41, 5.74) is 0. The van der Waals surface area contributed by atoms with Crippen LogP contribution in [0.15, 0.2) is 25.6 Å². The van der Waals surface area contributed by atoms with E-state index in [4.69, 9.17) is 0 Å². The van der Waals surface area contributed by atoms with E-state index in [2.05, 4.69) is 23.8 Å². The first-order valence-corrected chi connectivity index (χ1v) is 3.60. The van der Waals surface area contributed by atoms with Gasteiger partial charge in [0.1, 0.15) is 0 Å². The molecule has 0 aromatic carbocycles. The van der Waals surface area contributed by atoms with Crippen molar-refractivity contribution in [3.8, 4) is 0 Å². The summed E-state index contributed by atoms with van der Waals surface area (Å²) in [6.45, 7) is 9.14. The summed E-state index contributed by atoms with van der Waals surface area (Å²) < 4.78 is 0. The third-order valence-corrected chi connectivity index (χ3v) is 1.18. The van der Waals surface area contributed by atoms with Gasteiger partial charge in [0.15, 0.2) is 0 Å². The topological polar surface area (TPSA) is 24.1 Å². The van der Waals surface area contributed by atoms with Gasteiger partial charge in [0, 0.05) is 13.1 Å². The molecule has 58 valence electrons. The standard InChI is InChI=1S/C8H16N2/c1-3-9-7-5-6-8-10-4-2/h3-4,9-10H,1-2,5-8H2. The van der Waals surface area contributed by atoms with E-state index in [9.17, 15) is 0 Å². The van der Waals surface area contributed by atoms with Gasteiger partial charge < -0.3 is 10.6 Å². The normalized spacial score (nSPS) is 8.40. The van der Waals surface area contributed by atoms with Crippen molar-refractivity contribution in [2.45, 2.75) is 12.8 Å². The summed E-state index contributed by atoms with van der Waals surface area (Å²) in [6, 6.07) is 0.